The standard InChI is InChI=1S/C31H37ClN6OS/c32-28-23-29(38-20-18-37(19-21-38)16-7-11-25-8-2-1-3-9-25)35-31(34-28)40-24-26-10-6-12-27(22-26)30(39)33-13-17-36-14-4-5-15-36/h1-3,6-12,22-23H,4-5,13-21,24H2,(H,33,39). The molecule has 0 atom stereocenters. The van der Waals surface area contributed by atoms with Gasteiger partial charge in [-0.25, -0.2) is 9.97 Å². The van der Waals surface area contributed by atoms with E-state index in [-0.39, 0.29) is 5.91 Å². The number of halogens is 1. The molecule has 210 valence electrons. The van der Waals surface area contributed by atoms with E-state index in [9.17, 15) is 4.79 Å². The minimum Gasteiger partial charge on any atom is -0.354 e. The molecule has 2 aliphatic heterocycles. The Balaban J connectivity index is 1.10. The second-order valence-electron chi connectivity index (χ2n) is 10.2. The van der Waals surface area contributed by atoms with Crippen molar-refractivity contribution in [3.05, 3.63) is 88.6 Å². The van der Waals surface area contributed by atoms with Crippen LogP contribution in [0.4, 0.5) is 5.82 Å². The Kier molecular flexibility index (Phi) is 10.5. The Hall–Kier alpha value is -2.91. The summed E-state index contributed by atoms with van der Waals surface area (Å²) in [5.41, 5.74) is 2.97. The van der Waals surface area contributed by atoms with Crippen molar-refractivity contribution in [3.8, 4) is 0 Å². The topological polar surface area (TPSA) is 64.6 Å². The maximum atomic E-state index is 12.7. The zero-order chi connectivity index (χ0) is 27.6. The van der Waals surface area contributed by atoms with Crippen molar-refractivity contribution < 1.29 is 4.79 Å². The first-order chi connectivity index (χ1) is 19.6. The molecule has 3 aromatic rings. The molecule has 3 heterocycles. The zero-order valence-corrected chi connectivity index (χ0v) is 24.4. The lowest BCUT2D eigenvalue weighted by Gasteiger charge is -2.35. The van der Waals surface area contributed by atoms with Crippen LogP contribution in [-0.2, 0) is 5.75 Å². The van der Waals surface area contributed by atoms with Gasteiger partial charge in [0, 0.05) is 63.2 Å². The average Bonchev–Trinajstić information content (AvgIpc) is 3.50. The summed E-state index contributed by atoms with van der Waals surface area (Å²) in [6, 6.07) is 20.0. The predicted molar refractivity (Wildman–Crippen MR) is 165 cm³/mol. The third-order valence-electron chi connectivity index (χ3n) is 7.30. The number of anilines is 1. The van der Waals surface area contributed by atoms with Crippen LogP contribution >= 0.6 is 23.4 Å². The number of likely N-dealkylation sites (tertiary alicyclic amines) is 1. The van der Waals surface area contributed by atoms with Gasteiger partial charge >= 0.3 is 0 Å². The predicted octanol–water partition coefficient (Wildman–Crippen LogP) is 5.08. The second kappa shape index (κ2) is 14.6. The Morgan fingerprint density at radius 3 is 2.52 bits per heavy atom. The number of hydrogen-bond acceptors (Lipinski definition) is 7. The van der Waals surface area contributed by atoms with Crippen molar-refractivity contribution in [2.75, 3.05) is 63.8 Å². The fourth-order valence-electron chi connectivity index (χ4n) is 5.06. The number of carbonyl (C=O) groups is 1. The summed E-state index contributed by atoms with van der Waals surface area (Å²) in [6.45, 7) is 8.52. The van der Waals surface area contributed by atoms with Gasteiger partial charge in [-0.2, -0.15) is 0 Å². The number of piperazine rings is 1. The minimum atomic E-state index is -0.0259. The Morgan fingerprint density at radius 1 is 0.925 bits per heavy atom. The summed E-state index contributed by atoms with van der Waals surface area (Å²) >= 11 is 7.94. The molecule has 9 heteroatoms. The molecule has 1 amide bonds. The van der Waals surface area contributed by atoms with Gasteiger partial charge in [-0.05, 0) is 49.2 Å². The molecular weight excluding hydrogens is 540 g/mol. The van der Waals surface area contributed by atoms with E-state index in [0.717, 1.165) is 63.7 Å². The summed E-state index contributed by atoms with van der Waals surface area (Å²) in [5, 5.41) is 4.16. The van der Waals surface area contributed by atoms with E-state index < -0.39 is 0 Å². The molecule has 0 unspecified atom stereocenters. The van der Waals surface area contributed by atoms with Gasteiger partial charge in [0.15, 0.2) is 5.16 Å². The van der Waals surface area contributed by atoms with Gasteiger partial charge < -0.3 is 15.1 Å². The van der Waals surface area contributed by atoms with E-state index in [2.05, 4.69) is 61.4 Å². The van der Waals surface area contributed by atoms with Crippen LogP contribution in [0.25, 0.3) is 6.08 Å². The van der Waals surface area contributed by atoms with Gasteiger partial charge in [0.05, 0.1) is 0 Å². The highest BCUT2D eigenvalue weighted by molar-refractivity contribution is 7.98. The van der Waals surface area contributed by atoms with Crippen molar-refractivity contribution in [2.24, 2.45) is 0 Å². The summed E-state index contributed by atoms with van der Waals surface area (Å²) in [6.07, 6.45) is 6.93. The van der Waals surface area contributed by atoms with Crippen molar-refractivity contribution in [3.63, 3.8) is 0 Å². The average molecular weight is 577 g/mol. The molecule has 2 aromatic carbocycles. The van der Waals surface area contributed by atoms with E-state index >= 15 is 0 Å². The number of thioether (sulfide) groups is 1. The highest BCUT2D eigenvalue weighted by Crippen LogP contribution is 2.25. The molecule has 1 aromatic heterocycles. The van der Waals surface area contributed by atoms with Crippen LogP contribution in [0.2, 0.25) is 5.15 Å². The molecule has 2 aliphatic rings. The van der Waals surface area contributed by atoms with Gasteiger partial charge in [0.1, 0.15) is 11.0 Å². The molecule has 5 rings (SSSR count). The van der Waals surface area contributed by atoms with Crippen molar-refractivity contribution in [2.45, 2.75) is 23.8 Å². The quantitative estimate of drug-likeness (QED) is 0.194. The van der Waals surface area contributed by atoms with Crippen molar-refractivity contribution in [1.82, 2.24) is 25.1 Å². The van der Waals surface area contributed by atoms with Gasteiger partial charge in [-0.15, -0.1) is 0 Å². The summed E-state index contributed by atoms with van der Waals surface area (Å²) < 4.78 is 0. The number of hydrogen-bond donors (Lipinski definition) is 1. The number of nitrogens with zero attached hydrogens (tertiary/aromatic N) is 5. The number of nitrogens with one attached hydrogen (secondary N) is 1. The van der Waals surface area contributed by atoms with Crippen LogP contribution in [0.3, 0.4) is 0 Å². The van der Waals surface area contributed by atoms with Crippen LogP contribution in [0.15, 0.2) is 71.9 Å². The molecule has 2 saturated heterocycles. The zero-order valence-electron chi connectivity index (χ0n) is 22.8. The fourth-order valence-corrected chi connectivity index (χ4v) is 6.08. The Morgan fingerprint density at radius 2 is 1.73 bits per heavy atom. The minimum absolute atomic E-state index is 0.0259. The van der Waals surface area contributed by atoms with Crippen LogP contribution < -0.4 is 10.2 Å². The Labute approximate surface area is 246 Å². The monoisotopic (exact) mass is 576 g/mol. The maximum absolute atomic E-state index is 12.7. The second-order valence-corrected chi connectivity index (χ2v) is 11.6. The van der Waals surface area contributed by atoms with Gasteiger partial charge in [0.25, 0.3) is 5.91 Å². The molecule has 0 spiro atoms. The first-order valence-corrected chi connectivity index (χ1v) is 15.4. The molecule has 40 heavy (non-hydrogen) atoms. The van der Waals surface area contributed by atoms with Crippen LogP contribution in [-0.4, -0.2) is 84.6 Å². The fraction of sp³-hybridized carbons (Fsp3) is 0.387. The third kappa shape index (κ3) is 8.54. The first kappa shape index (κ1) is 28.6. The van der Waals surface area contributed by atoms with Crippen molar-refractivity contribution in [1.29, 1.82) is 0 Å². The van der Waals surface area contributed by atoms with Gasteiger partial charge in [-0.3, -0.25) is 9.69 Å². The molecule has 1 N–H and O–H groups in total. The van der Waals surface area contributed by atoms with E-state index in [1.54, 1.807) is 0 Å². The smallest absolute Gasteiger partial charge is 0.251 e. The molecule has 7 nitrogen and oxygen atoms in total. The maximum Gasteiger partial charge on any atom is 0.251 e. The van der Waals surface area contributed by atoms with Crippen molar-refractivity contribution >= 4 is 41.2 Å². The van der Waals surface area contributed by atoms with Crippen LogP contribution in [0.5, 0.6) is 0 Å². The molecule has 0 bridgehead atoms. The van der Waals surface area contributed by atoms with E-state index in [0.29, 0.717) is 28.2 Å². The largest absolute Gasteiger partial charge is 0.354 e. The number of benzene rings is 2. The molecule has 0 aliphatic carbocycles. The lowest BCUT2D eigenvalue weighted by atomic mass is 10.1. The molecule has 0 radical (unpaired) electrons. The molecule has 0 saturated carbocycles. The van der Waals surface area contributed by atoms with Crippen LogP contribution in [0.1, 0.15) is 34.3 Å². The molecular formula is C31H37ClN6OS. The third-order valence-corrected chi connectivity index (χ3v) is 8.41. The summed E-state index contributed by atoms with van der Waals surface area (Å²) in [5.74, 6) is 1.51. The Bertz CT molecular complexity index is 1280. The lowest BCUT2D eigenvalue weighted by molar-refractivity contribution is 0.0949. The van der Waals surface area contributed by atoms with Crippen LogP contribution in [0, 0.1) is 0 Å². The van der Waals surface area contributed by atoms with E-state index in [1.807, 2.05) is 36.4 Å². The SMILES string of the molecule is O=C(NCCN1CCCC1)c1cccc(CSc2nc(Cl)cc(N3CCN(CC=Cc4ccccc4)CC3)n2)c1. The van der Waals surface area contributed by atoms with Gasteiger partial charge in [-0.1, -0.05) is 78.0 Å². The number of carbonyl (C=O) groups excluding carboxylic acids is 1. The molecule has 2 fully saturated rings. The van der Waals surface area contributed by atoms with E-state index in [1.165, 1.54) is 30.2 Å². The number of amides is 1. The number of rotatable bonds is 11. The number of aromatic nitrogens is 2. The van der Waals surface area contributed by atoms with E-state index in [4.69, 9.17) is 16.6 Å². The highest BCUT2D eigenvalue weighted by Gasteiger charge is 2.19. The summed E-state index contributed by atoms with van der Waals surface area (Å²) in [4.78, 5) is 29.1. The normalized spacial score (nSPS) is 16.6. The highest BCUT2D eigenvalue weighted by atomic mass is 35.5. The summed E-state index contributed by atoms with van der Waals surface area (Å²) in [7, 11) is 0. The van der Waals surface area contributed by atoms with Gasteiger partial charge in [0.2, 0.25) is 0 Å². The lowest BCUT2D eigenvalue weighted by Crippen LogP contribution is -2.46. The first-order valence-electron chi connectivity index (χ1n) is 14.1.